The molecule has 0 aliphatic carbocycles. The minimum Gasteiger partial charge on any atom is -0.456 e. The molecule has 0 unspecified atom stereocenters. The van der Waals surface area contributed by atoms with E-state index in [1.165, 1.54) is 0 Å². The van der Waals surface area contributed by atoms with Crippen molar-refractivity contribution in [1.29, 1.82) is 0 Å². The van der Waals surface area contributed by atoms with Gasteiger partial charge in [0.1, 0.15) is 11.3 Å². The Morgan fingerprint density at radius 3 is 2.39 bits per heavy atom. The number of aryl methyl sites for hydroxylation is 1. The van der Waals surface area contributed by atoms with E-state index in [0.717, 1.165) is 33.4 Å². The van der Waals surface area contributed by atoms with E-state index in [9.17, 15) is 0 Å². The predicted octanol–water partition coefficient (Wildman–Crippen LogP) is 3.29. The van der Waals surface area contributed by atoms with Crippen molar-refractivity contribution in [1.82, 2.24) is 0 Å². The molecule has 23 heavy (non-hydrogen) atoms. The van der Waals surface area contributed by atoms with Gasteiger partial charge >= 0.3 is 7.12 Å². The average Bonchev–Trinajstić information content (AvgIpc) is 2.88. The SMILES string of the molecule is C=C/C=C\c1oc2ccc(-c3ccc(B(O)O)cc3)cc2c1C. The molecule has 114 valence electrons. The molecular formula is C19H17BO3. The highest BCUT2D eigenvalue weighted by Gasteiger charge is 2.12. The number of hydrogen-bond donors (Lipinski definition) is 2. The van der Waals surface area contributed by atoms with Gasteiger partial charge in [0.25, 0.3) is 0 Å². The van der Waals surface area contributed by atoms with Gasteiger partial charge in [0.05, 0.1) is 0 Å². The number of rotatable bonds is 4. The van der Waals surface area contributed by atoms with Crippen LogP contribution in [0, 0.1) is 6.92 Å². The smallest absolute Gasteiger partial charge is 0.456 e. The van der Waals surface area contributed by atoms with E-state index in [1.54, 1.807) is 18.2 Å². The lowest BCUT2D eigenvalue weighted by Crippen LogP contribution is -2.29. The summed E-state index contributed by atoms with van der Waals surface area (Å²) < 4.78 is 5.84. The summed E-state index contributed by atoms with van der Waals surface area (Å²) in [6, 6.07) is 13.2. The monoisotopic (exact) mass is 304 g/mol. The maximum Gasteiger partial charge on any atom is 0.488 e. The summed E-state index contributed by atoms with van der Waals surface area (Å²) in [6.45, 7) is 5.70. The van der Waals surface area contributed by atoms with E-state index in [-0.39, 0.29) is 0 Å². The molecule has 0 aliphatic rings. The van der Waals surface area contributed by atoms with Crippen molar-refractivity contribution in [2.45, 2.75) is 6.92 Å². The predicted molar refractivity (Wildman–Crippen MR) is 95.4 cm³/mol. The molecule has 3 rings (SSSR count). The summed E-state index contributed by atoms with van der Waals surface area (Å²) >= 11 is 0. The van der Waals surface area contributed by atoms with Gasteiger partial charge in [0, 0.05) is 10.9 Å². The Balaban J connectivity index is 2.03. The lowest BCUT2D eigenvalue weighted by molar-refractivity contribution is 0.426. The normalized spacial score (nSPS) is 11.3. The Kier molecular flexibility index (Phi) is 4.19. The fourth-order valence-corrected chi connectivity index (χ4v) is 2.58. The highest BCUT2D eigenvalue weighted by Crippen LogP contribution is 2.30. The van der Waals surface area contributed by atoms with E-state index in [2.05, 4.69) is 12.6 Å². The van der Waals surface area contributed by atoms with Crippen LogP contribution in [0.5, 0.6) is 0 Å². The molecule has 2 N–H and O–H groups in total. The number of allylic oxidation sites excluding steroid dienone is 2. The van der Waals surface area contributed by atoms with Crippen molar-refractivity contribution in [2.75, 3.05) is 0 Å². The van der Waals surface area contributed by atoms with E-state index in [0.29, 0.717) is 5.46 Å². The molecule has 0 saturated heterocycles. The van der Waals surface area contributed by atoms with Crippen LogP contribution in [-0.2, 0) is 0 Å². The van der Waals surface area contributed by atoms with Crippen molar-refractivity contribution >= 4 is 29.6 Å². The van der Waals surface area contributed by atoms with Gasteiger partial charge in [-0.2, -0.15) is 0 Å². The molecule has 1 heterocycles. The largest absolute Gasteiger partial charge is 0.488 e. The van der Waals surface area contributed by atoms with Crippen LogP contribution in [0.4, 0.5) is 0 Å². The minimum absolute atomic E-state index is 0.478. The van der Waals surface area contributed by atoms with Crippen LogP contribution in [0.25, 0.3) is 28.2 Å². The molecule has 0 saturated carbocycles. The standard InChI is InChI=1S/C19H17BO3/c1-3-4-5-18-13(2)17-12-15(8-11-19(17)23-18)14-6-9-16(10-7-14)20(21)22/h3-12,21-22H,1H2,2H3/b5-4-. The number of furan rings is 1. The molecule has 2 aromatic carbocycles. The second-order valence-corrected chi connectivity index (χ2v) is 5.39. The number of benzene rings is 2. The number of fused-ring (bicyclic) bond motifs is 1. The molecule has 1 aromatic heterocycles. The molecule has 3 nitrogen and oxygen atoms in total. The van der Waals surface area contributed by atoms with Gasteiger partial charge in [-0.15, -0.1) is 0 Å². The molecule has 3 aromatic rings. The Hall–Kier alpha value is -2.56. The van der Waals surface area contributed by atoms with Crippen molar-refractivity contribution in [2.24, 2.45) is 0 Å². The Bertz CT molecular complexity index is 874. The molecule has 0 radical (unpaired) electrons. The van der Waals surface area contributed by atoms with Crippen LogP contribution in [0.3, 0.4) is 0 Å². The fraction of sp³-hybridized carbons (Fsp3) is 0.0526. The Morgan fingerprint density at radius 1 is 1.04 bits per heavy atom. The summed E-state index contributed by atoms with van der Waals surface area (Å²) in [5.41, 5.74) is 4.48. The van der Waals surface area contributed by atoms with Gasteiger partial charge in [-0.25, -0.2) is 0 Å². The summed E-state index contributed by atoms with van der Waals surface area (Å²) in [5.74, 6) is 0.829. The molecule has 0 bridgehead atoms. The summed E-state index contributed by atoms with van der Waals surface area (Å²) in [4.78, 5) is 0. The zero-order valence-corrected chi connectivity index (χ0v) is 12.9. The van der Waals surface area contributed by atoms with E-state index in [1.807, 2.05) is 43.3 Å². The second kappa shape index (κ2) is 6.28. The highest BCUT2D eigenvalue weighted by molar-refractivity contribution is 6.58. The van der Waals surface area contributed by atoms with Crippen LogP contribution < -0.4 is 5.46 Å². The van der Waals surface area contributed by atoms with Gasteiger partial charge in [0.2, 0.25) is 0 Å². The lowest BCUT2D eigenvalue weighted by atomic mass is 9.80. The van der Waals surface area contributed by atoms with Crippen molar-refractivity contribution in [3.05, 3.63) is 72.5 Å². The first-order chi connectivity index (χ1) is 11.1. The van der Waals surface area contributed by atoms with Gasteiger partial charge < -0.3 is 14.5 Å². The Morgan fingerprint density at radius 2 is 1.74 bits per heavy atom. The van der Waals surface area contributed by atoms with Crippen molar-refractivity contribution < 1.29 is 14.5 Å². The maximum atomic E-state index is 9.17. The van der Waals surface area contributed by atoms with Crippen molar-refractivity contribution in [3.8, 4) is 11.1 Å². The quantitative estimate of drug-likeness (QED) is 0.574. The topological polar surface area (TPSA) is 53.6 Å². The maximum absolute atomic E-state index is 9.17. The number of hydrogen-bond acceptors (Lipinski definition) is 3. The minimum atomic E-state index is -1.44. The van der Waals surface area contributed by atoms with Crippen LogP contribution in [0.15, 0.2) is 65.6 Å². The first-order valence-electron chi connectivity index (χ1n) is 7.39. The molecular weight excluding hydrogens is 287 g/mol. The third-order valence-corrected chi connectivity index (χ3v) is 3.90. The third-order valence-electron chi connectivity index (χ3n) is 3.90. The highest BCUT2D eigenvalue weighted by atomic mass is 16.4. The summed E-state index contributed by atoms with van der Waals surface area (Å²) in [6.07, 6.45) is 5.47. The van der Waals surface area contributed by atoms with E-state index < -0.39 is 7.12 Å². The zero-order chi connectivity index (χ0) is 16.4. The molecule has 4 heteroatoms. The van der Waals surface area contributed by atoms with Crippen LogP contribution in [-0.4, -0.2) is 17.2 Å². The molecule has 0 amide bonds. The molecule has 0 atom stereocenters. The molecule has 0 spiro atoms. The van der Waals surface area contributed by atoms with Crippen LogP contribution in [0.1, 0.15) is 11.3 Å². The molecule has 0 fully saturated rings. The summed E-state index contributed by atoms with van der Waals surface area (Å²) in [7, 11) is -1.44. The average molecular weight is 304 g/mol. The lowest BCUT2D eigenvalue weighted by Gasteiger charge is -2.04. The van der Waals surface area contributed by atoms with Gasteiger partial charge in [-0.3, -0.25) is 0 Å². The fourth-order valence-electron chi connectivity index (χ4n) is 2.58. The van der Waals surface area contributed by atoms with Crippen molar-refractivity contribution in [3.63, 3.8) is 0 Å². The van der Waals surface area contributed by atoms with Gasteiger partial charge in [-0.05, 0) is 41.7 Å². The van der Waals surface area contributed by atoms with E-state index >= 15 is 0 Å². The molecule has 0 aliphatic heterocycles. The van der Waals surface area contributed by atoms with E-state index in [4.69, 9.17) is 14.5 Å². The van der Waals surface area contributed by atoms with Gasteiger partial charge in [0.15, 0.2) is 0 Å². The Labute approximate surface area is 135 Å². The third kappa shape index (κ3) is 3.00. The first kappa shape index (κ1) is 15.3. The van der Waals surface area contributed by atoms with Gasteiger partial charge in [-0.1, -0.05) is 49.1 Å². The first-order valence-corrected chi connectivity index (χ1v) is 7.39. The summed E-state index contributed by atoms with van der Waals surface area (Å²) in [5, 5.41) is 19.4. The van der Waals surface area contributed by atoms with Crippen LogP contribution >= 0.6 is 0 Å². The zero-order valence-electron chi connectivity index (χ0n) is 12.9. The van der Waals surface area contributed by atoms with Crippen LogP contribution in [0.2, 0.25) is 0 Å². The second-order valence-electron chi connectivity index (χ2n) is 5.39.